The summed E-state index contributed by atoms with van der Waals surface area (Å²) in [7, 11) is 0. The van der Waals surface area contributed by atoms with Crippen LogP contribution in [-0.2, 0) is 0 Å². The predicted molar refractivity (Wildman–Crippen MR) is 80.7 cm³/mol. The molecule has 0 saturated heterocycles. The van der Waals surface area contributed by atoms with E-state index in [-0.39, 0.29) is 5.82 Å². The van der Waals surface area contributed by atoms with E-state index in [1.807, 2.05) is 13.8 Å². The van der Waals surface area contributed by atoms with Crippen molar-refractivity contribution in [1.82, 2.24) is 10.2 Å². The highest BCUT2D eigenvalue weighted by Gasteiger charge is 2.14. The summed E-state index contributed by atoms with van der Waals surface area (Å²) in [5.74, 6) is 0.425. The molecule has 1 aromatic heterocycles. The van der Waals surface area contributed by atoms with Crippen LogP contribution < -0.4 is 5.32 Å². The van der Waals surface area contributed by atoms with Crippen molar-refractivity contribution in [2.75, 3.05) is 11.9 Å². The number of anilines is 1. The Morgan fingerprint density at radius 2 is 1.95 bits per heavy atom. The van der Waals surface area contributed by atoms with Crippen LogP contribution in [-0.4, -0.2) is 16.7 Å². The Kier molecular flexibility index (Phi) is 4.55. The number of rotatable bonds is 4. The van der Waals surface area contributed by atoms with Crippen LogP contribution in [0.15, 0.2) is 18.2 Å². The molecule has 0 amide bonds. The van der Waals surface area contributed by atoms with Crippen molar-refractivity contribution < 1.29 is 4.39 Å². The fourth-order valence-corrected chi connectivity index (χ4v) is 2.21. The lowest BCUT2D eigenvalue weighted by atomic mass is 10.0. The molecule has 106 valence electrons. The van der Waals surface area contributed by atoms with Gasteiger partial charge in [-0.15, -0.1) is 10.2 Å². The monoisotopic (exact) mass is 293 g/mol. The Balaban J connectivity index is 2.45. The van der Waals surface area contributed by atoms with E-state index < -0.39 is 0 Å². The second-order valence-electron chi connectivity index (χ2n) is 4.70. The van der Waals surface area contributed by atoms with E-state index in [9.17, 15) is 4.39 Å². The second kappa shape index (κ2) is 6.18. The van der Waals surface area contributed by atoms with Gasteiger partial charge in [-0.2, -0.15) is 0 Å². The molecule has 20 heavy (non-hydrogen) atoms. The molecule has 3 nitrogen and oxygen atoms in total. The second-order valence-corrected chi connectivity index (χ2v) is 5.11. The molecule has 0 aliphatic carbocycles. The van der Waals surface area contributed by atoms with Crippen LogP contribution in [0, 0.1) is 19.7 Å². The van der Waals surface area contributed by atoms with Gasteiger partial charge in [-0.05, 0) is 49.6 Å². The minimum absolute atomic E-state index is 0.344. The third kappa shape index (κ3) is 2.90. The maximum absolute atomic E-state index is 13.1. The highest BCUT2D eigenvalue weighted by Crippen LogP contribution is 2.31. The molecule has 0 aliphatic heterocycles. The first kappa shape index (κ1) is 14.7. The Hall–Kier alpha value is -1.68. The number of aromatic nitrogens is 2. The average molecular weight is 294 g/mol. The molecule has 0 atom stereocenters. The molecule has 2 rings (SSSR count). The fraction of sp³-hybridized carbons (Fsp3) is 0.333. The predicted octanol–water partition coefficient (Wildman–Crippen LogP) is 4.37. The highest BCUT2D eigenvalue weighted by atomic mass is 35.5. The molecular weight excluding hydrogens is 277 g/mol. The van der Waals surface area contributed by atoms with Crippen molar-refractivity contribution >= 4 is 17.4 Å². The number of halogens is 2. The van der Waals surface area contributed by atoms with Crippen molar-refractivity contribution in [3.05, 3.63) is 40.2 Å². The summed E-state index contributed by atoms with van der Waals surface area (Å²) >= 11 is 6.09. The maximum Gasteiger partial charge on any atom is 0.151 e. The summed E-state index contributed by atoms with van der Waals surface area (Å²) in [6.45, 7) is 6.90. The van der Waals surface area contributed by atoms with Gasteiger partial charge < -0.3 is 5.32 Å². The van der Waals surface area contributed by atoms with Crippen LogP contribution in [0.2, 0.25) is 5.02 Å². The minimum Gasteiger partial charge on any atom is -0.368 e. The lowest BCUT2D eigenvalue weighted by molar-refractivity contribution is 0.628. The van der Waals surface area contributed by atoms with Crippen molar-refractivity contribution in [3.8, 4) is 11.3 Å². The summed E-state index contributed by atoms with van der Waals surface area (Å²) in [6, 6.07) is 4.30. The summed E-state index contributed by atoms with van der Waals surface area (Å²) in [4.78, 5) is 0. The largest absolute Gasteiger partial charge is 0.368 e. The quantitative estimate of drug-likeness (QED) is 0.909. The lowest BCUT2D eigenvalue weighted by Gasteiger charge is -2.13. The number of nitrogens with zero attached hydrogens (tertiary/aromatic N) is 2. The molecule has 0 bridgehead atoms. The topological polar surface area (TPSA) is 37.8 Å². The molecule has 1 N–H and O–H groups in total. The summed E-state index contributed by atoms with van der Waals surface area (Å²) in [5, 5.41) is 12.0. The van der Waals surface area contributed by atoms with Gasteiger partial charge in [0.1, 0.15) is 5.82 Å². The van der Waals surface area contributed by atoms with E-state index in [0.717, 1.165) is 29.9 Å². The zero-order valence-electron chi connectivity index (χ0n) is 11.8. The number of hydrogen-bond donors (Lipinski definition) is 1. The van der Waals surface area contributed by atoms with E-state index in [0.29, 0.717) is 16.3 Å². The molecule has 0 spiro atoms. The molecule has 2 aromatic rings. The summed E-state index contributed by atoms with van der Waals surface area (Å²) in [6.07, 6.45) is 1.02. The Labute approximate surface area is 123 Å². The third-order valence-corrected chi connectivity index (χ3v) is 3.56. The number of nitrogens with one attached hydrogen (secondary N) is 1. The first-order valence-electron chi connectivity index (χ1n) is 6.57. The Morgan fingerprint density at radius 3 is 2.60 bits per heavy atom. The van der Waals surface area contributed by atoms with Gasteiger partial charge in [0, 0.05) is 12.1 Å². The molecule has 1 aromatic carbocycles. The van der Waals surface area contributed by atoms with Gasteiger partial charge in [-0.3, -0.25) is 0 Å². The Bertz CT molecular complexity index is 629. The molecule has 1 heterocycles. The third-order valence-electron chi connectivity index (χ3n) is 3.25. The normalized spacial score (nSPS) is 10.7. The standard InChI is InChI=1S/C15H17ClFN3/c1-4-7-18-15-10(3)9(2)14(19-20-15)12-6-5-11(17)8-13(12)16/h5-6,8H,4,7H2,1-3H3,(H,18,20). The molecule has 0 unspecified atom stereocenters. The van der Waals surface area contributed by atoms with Crippen molar-refractivity contribution in [1.29, 1.82) is 0 Å². The van der Waals surface area contributed by atoms with Crippen molar-refractivity contribution in [2.45, 2.75) is 27.2 Å². The van der Waals surface area contributed by atoms with Gasteiger partial charge in [0.05, 0.1) is 10.7 Å². The van der Waals surface area contributed by atoms with E-state index in [1.54, 1.807) is 6.07 Å². The maximum atomic E-state index is 13.1. The number of benzene rings is 1. The van der Waals surface area contributed by atoms with Crippen LogP contribution in [0.3, 0.4) is 0 Å². The molecule has 0 fully saturated rings. The Morgan fingerprint density at radius 1 is 1.20 bits per heavy atom. The van der Waals surface area contributed by atoms with E-state index in [4.69, 9.17) is 11.6 Å². The van der Waals surface area contributed by atoms with Gasteiger partial charge in [0.2, 0.25) is 0 Å². The molecule has 5 heteroatoms. The zero-order chi connectivity index (χ0) is 14.7. The van der Waals surface area contributed by atoms with Crippen molar-refractivity contribution in [3.63, 3.8) is 0 Å². The fourth-order valence-electron chi connectivity index (χ4n) is 1.95. The first-order valence-corrected chi connectivity index (χ1v) is 6.95. The lowest BCUT2D eigenvalue weighted by Crippen LogP contribution is -2.07. The average Bonchev–Trinajstić information content (AvgIpc) is 2.41. The number of hydrogen-bond acceptors (Lipinski definition) is 3. The van der Waals surface area contributed by atoms with E-state index >= 15 is 0 Å². The highest BCUT2D eigenvalue weighted by molar-refractivity contribution is 6.33. The van der Waals surface area contributed by atoms with Crippen LogP contribution >= 0.6 is 11.6 Å². The van der Waals surface area contributed by atoms with Crippen LogP contribution in [0.25, 0.3) is 11.3 Å². The smallest absolute Gasteiger partial charge is 0.151 e. The van der Waals surface area contributed by atoms with Gasteiger partial charge in [0.25, 0.3) is 0 Å². The molecule has 0 saturated carbocycles. The summed E-state index contributed by atoms with van der Waals surface area (Å²) < 4.78 is 13.1. The van der Waals surface area contributed by atoms with Crippen LogP contribution in [0.5, 0.6) is 0 Å². The van der Waals surface area contributed by atoms with Crippen LogP contribution in [0.1, 0.15) is 24.5 Å². The van der Waals surface area contributed by atoms with Crippen molar-refractivity contribution in [2.24, 2.45) is 0 Å². The van der Waals surface area contributed by atoms with Crippen LogP contribution in [0.4, 0.5) is 10.2 Å². The first-order chi connectivity index (χ1) is 9.54. The van der Waals surface area contributed by atoms with Gasteiger partial charge in [-0.1, -0.05) is 18.5 Å². The SMILES string of the molecule is CCCNc1nnc(-c2ccc(F)cc2Cl)c(C)c1C. The minimum atomic E-state index is -0.359. The zero-order valence-corrected chi connectivity index (χ0v) is 12.6. The van der Waals surface area contributed by atoms with Gasteiger partial charge in [0.15, 0.2) is 5.82 Å². The molecule has 0 aliphatic rings. The van der Waals surface area contributed by atoms with E-state index in [2.05, 4.69) is 22.4 Å². The summed E-state index contributed by atoms with van der Waals surface area (Å²) in [5.41, 5.74) is 3.41. The van der Waals surface area contributed by atoms with Gasteiger partial charge in [-0.25, -0.2) is 4.39 Å². The molecular formula is C15H17ClFN3. The van der Waals surface area contributed by atoms with E-state index in [1.165, 1.54) is 12.1 Å². The van der Waals surface area contributed by atoms with Gasteiger partial charge >= 0.3 is 0 Å². The molecule has 0 radical (unpaired) electrons.